The van der Waals surface area contributed by atoms with Gasteiger partial charge in [-0.25, -0.2) is 0 Å². The molecule has 0 fully saturated rings. The molecule has 0 aliphatic heterocycles. The Morgan fingerprint density at radius 1 is 1.29 bits per heavy atom. The number of hydrogen-bond acceptors (Lipinski definition) is 1. The maximum absolute atomic E-state index is 5.83. The van der Waals surface area contributed by atoms with Gasteiger partial charge in [0.25, 0.3) is 0 Å². The summed E-state index contributed by atoms with van der Waals surface area (Å²) in [6.07, 6.45) is 3.53. The highest BCUT2D eigenvalue weighted by molar-refractivity contribution is 6.30. The highest BCUT2D eigenvalue weighted by Gasteiger charge is 2.05. The molecule has 0 radical (unpaired) electrons. The van der Waals surface area contributed by atoms with Crippen LogP contribution in [0, 0.1) is 0 Å². The zero-order chi connectivity index (χ0) is 10.4. The fourth-order valence-corrected chi connectivity index (χ4v) is 1.73. The quantitative estimate of drug-likeness (QED) is 0.789. The molecule has 0 spiro atoms. The number of rotatable bonds is 5. The maximum Gasteiger partial charge on any atom is 0.0406 e. The standard InChI is InChI=1S/C12H18ClN/c1-3-4-12(14-2)9-10-5-7-11(13)8-6-10/h5-8,12,14H,3-4,9H2,1-2H3. The number of likely N-dealkylation sites (N-methyl/N-ethyl adjacent to an activating group) is 1. The molecule has 0 aliphatic carbocycles. The van der Waals surface area contributed by atoms with Crippen molar-refractivity contribution in [3.8, 4) is 0 Å². The summed E-state index contributed by atoms with van der Waals surface area (Å²) in [6, 6.07) is 8.69. The second-order valence-electron chi connectivity index (χ2n) is 3.60. The van der Waals surface area contributed by atoms with E-state index in [9.17, 15) is 0 Å². The van der Waals surface area contributed by atoms with Gasteiger partial charge in [-0.15, -0.1) is 0 Å². The van der Waals surface area contributed by atoms with Crippen LogP contribution >= 0.6 is 11.6 Å². The summed E-state index contributed by atoms with van der Waals surface area (Å²) < 4.78 is 0. The van der Waals surface area contributed by atoms with Crippen molar-refractivity contribution >= 4 is 11.6 Å². The topological polar surface area (TPSA) is 12.0 Å². The molecule has 1 rings (SSSR count). The van der Waals surface area contributed by atoms with E-state index in [2.05, 4.69) is 24.4 Å². The normalized spacial score (nSPS) is 12.8. The molecule has 0 aromatic heterocycles. The Morgan fingerprint density at radius 2 is 1.93 bits per heavy atom. The molecule has 2 heteroatoms. The molecule has 1 N–H and O–H groups in total. The lowest BCUT2D eigenvalue weighted by molar-refractivity contribution is 0.514. The minimum atomic E-state index is 0.584. The summed E-state index contributed by atoms with van der Waals surface area (Å²) in [6.45, 7) is 2.21. The highest BCUT2D eigenvalue weighted by Crippen LogP contribution is 2.12. The molecule has 0 bridgehead atoms. The lowest BCUT2D eigenvalue weighted by Gasteiger charge is -2.14. The molecule has 0 saturated carbocycles. The first-order chi connectivity index (χ1) is 6.76. The van der Waals surface area contributed by atoms with Gasteiger partial charge in [0, 0.05) is 11.1 Å². The third kappa shape index (κ3) is 3.69. The van der Waals surface area contributed by atoms with Crippen LogP contribution in [-0.2, 0) is 6.42 Å². The molecule has 0 heterocycles. The van der Waals surface area contributed by atoms with Crippen molar-refractivity contribution in [1.29, 1.82) is 0 Å². The number of benzene rings is 1. The van der Waals surface area contributed by atoms with Crippen molar-refractivity contribution in [2.45, 2.75) is 32.2 Å². The van der Waals surface area contributed by atoms with Crippen LogP contribution < -0.4 is 5.32 Å². The van der Waals surface area contributed by atoms with E-state index in [-0.39, 0.29) is 0 Å². The summed E-state index contributed by atoms with van der Waals surface area (Å²) in [5.74, 6) is 0. The molecule has 14 heavy (non-hydrogen) atoms. The van der Waals surface area contributed by atoms with Gasteiger partial charge in [-0.1, -0.05) is 37.1 Å². The molecule has 1 nitrogen and oxygen atoms in total. The van der Waals surface area contributed by atoms with E-state index in [1.165, 1.54) is 18.4 Å². The van der Waals surface area contributed by atoms with Crippen molar-refractivity contribution in [2.24, 2.45) is 0 Å². The Balaban J connectivity index is 2.53. The van der Waals surface area contributed by atoms with Crippen LogP contribution in [0.2, 0.25) is 5.02 Å². The maximum atomic E-state index is 5.83. The van der Waals surface area contributed by atoms with E-state index in [1.54, 1.807) is 0 Å². The first-order valence-corrected chi connectivity index (χ1v) is 5.55. The first-order valence-electron chi connectivity index (χ1n) is 5.18. The van der Waals surface area contributed by atoms with Crippen LogP contribution in [0.25, 0.3) is 0 Å². The lowest BCUT2D eigenvalue weighted by atomic mass is 10.0. The van der Waals surface area contributed by atoms with Crippen molar-refractivity contribution in [1.82, 2.24) is 5.32 Å². The zero-order valence-corrected chi connectivity index (χ0v) is 9.64. The number of halogens is 1. The number of nitrogens with one attached hydrogen (secondary N) is 1. The van der Waals surface area contributed by atoms with Gasteiger partial charge >= 0.3 is 0 Å². The van der Waals surface area contributed by atoms with Crippen LogP contribution in [0.4, 0.5) is 0 Å². The average molecular weight is 212 g/mol. The summed E-state index contributed by atoms with van der Waals surface area (Å²) >= 11 is 5.83. The van der Waals surface area contributed by atoms with Crippen LogP contribution in [-0.4, -0.2) is 13.1 Å². The molecule has 1 atom stereocenters. The second-order valence-corrected chi connectivity index (χ2v) is 4.04. The predicted octanol–water partition coefficient (Wildman–Crippen LogP) is 3.27. The van der Waals surface area contributed by atoms with E-state index in [4.69, 9.17) is 11.6 Å². The molecule has 1 unspecified atom stereocenters. The molecule has 0 saturated heterocycles. The zero-order valence-electron chi connectivity index (χ0n) is 8.89. The van der Waals surface area contributed by atoms with Gasteiger partial charge in [0.15, 0.2) is 0 Å². The van der Waals surface area contributed by atoms with E-state index in [1.807, 2.05) is 19.2 Å². The predicted molar refractivity (Wildman–Crippen MR) is 62.9 cm³/mol. The Hall–Kier alpha value is -0.530. The second kappa shape index (κ2) is 6.05. The van der Waals surface area contributed by atoms with Gasteiger partial charge < -0.3 is 5.32 Å². The first kappa shape index (κ1) is 11.5. The van der Waals surface area contributed by atoms with Crippen molar-refractivity contribution in [3.05, 3.63) is 34.9 Å². The Morgan fingerprint density at radius 3 is 2.43 bits per heavy atom. The van der Waals surface area contributed by atoms with Gasteiger partial charge in [-0.2, -0.15) is 0 Å². The van der Waals surface area contributed by atoms with Gasteiger partial charge in [-0.3, -0.25) is 0 Å². The third-order valence-corrected chi connectivity index (χ3v) is 2.69. The van der Waals surface area contributed by atoms with Crippen LogP contribution in [0.15, 0.2) is 24.3 Å². The van der Waals surface area contributed by atoms with Crippen LogP contribution in [0.3, 0.4) is 0 Å². The van der Waals surface area contributed by atoms with Crippen molar-refractivity contribution in [3.63, 3.8) is 0 Å². The van der Waals surface area contributed by atoms with Gasteiger partial charge in [0.1, 0.15) is 0 Å². The Bertz CT molecular complexity index is 256. The van der Waals surface area contributed by atoms with Crippen LogP contribution in [0.5, 0.6) is 0 Å². The molecule has 0 aliphatic rings. The molecule has 78 valence electrons. The highest BCUT2D eigenvalue weighted by atomic mass is 35.5. The smallest absolute Gasteiger partial charge is 0.0406 e. The van der Waals surface area contributed by atoms with Gasteiger partial charge in [-0.05, 0) is 37.6 Å². The van der Waals surface area contributed by atoms with Crippen molar-refractivity contribution < 1.29 is 0 Å². The summed E-state index contributed by atoms with van der Waals surface area (Å²) in [5.41, 5.74) is 1.35. The van der Waals surface area contributed by atoms with E-state index >= 15 is 0 Å². The summed E-state index contributed by atoms with van der Waals surface area (Å²) in [7, 11) is 2.02. The summed E-state index contributed by atoms with van der Waals surface area (Å²) in [4.78, 5) is 0. The van der Waals surface area contributed by atoms with Crippen molar-refractivity contribution in [2.75, 3.05) is 7.05 Å². The third-order valence-electron chi connectivity index (χ3n) is 2.44. The number of hydrogen-bond donors (Lipinski definition) is 1. The summed E-state index contributed by atoms with van der Waals surface area (Å²) in [5, 5.41) is 4.14. The minimum absolute atomic E-state index is 0.584. The van der Waals surface area contributed by atoms with E-state index in [0.29, 0.717) is 6.04 Å². The Kier molecular flexibility index (Phi) is 4.99. The molecule has 1 aromatic rings. The molecular formula is C12H18ClN. The van der Waals surface area contributed by atoms with E-state index in [0.717, 1.165) is 11.4 Å². The lowest BCUT2D eigenvalue weighted by Crippen LogP contribution is -2.27. The fraction of sp³-hybridized carbons (Fsp3) is 0.500. The SMILES string of the molecule is CCCC(Cc1ccc(Cl)cc1)NC. The largest absolute Gasteiger partial charge is 0.317 e. The fourth-order valence-electron chi connectivity index (χ4n) is 1.60. The molecular weight excluding hydrogens is 194 g/mol. The molecule has 1 aromatic carbocycles. The minimum Gasteiger partial charge on any atom is -0.317 e. The monoisotopic (exact) mass is 211 g/mol. The molecule has 0 amide bonds. The average Bonchev–Trinajstić information content (AvgIpc) is 2.20. The van der Waals surface area contributed by atoms with Gasteiger partial charge in [0.2, 0.25) is 0 Å². The Labute approximate surface area is 91.5 Å². The van der Waals surface area contributed by atoms with Gasteiger partial charge in [0.05, 0.1) is 0 Å². The van der Waals surface area contributed by atoms with Crippen LogP contribution in [0.1, 0.15) is 25.3 Å². The van der Waals surface area contributed by atoms with E-state index < -0.39 is 0 Å².